The van der Waals surface area contributed by atoms with E-state index in [1.807, 2.05) is 42.3 Å². The number of nitrogens with zero attached hydrogens (tertiary/aromatic N) is 1. The Bertz CT molecular complexity index is 319. The lowest BCUT2D eigenvalue weighted by Crippen LogP contribution is -2.08. The van der Waals surface area contributed by atoms with E-state index in [1.54, 1.807) is 6.20 Å². The first-order valence-electron chi connectivity index (χ1n) is 4.28. The third-order valence-corrected chi connectivity index (χ3v) is 1.80. The largest absolute Gasteiger partial charge is 0.466 e. The zero-order valence-corrected chi connectivity index (χ0v) is 8.31. The third kappa shape index (κ3) is 2.94. The highest BCUT2D eigenvalue weighted by Crippen LogP contribution is 2.10. The molecule has 74 valence electrons. The van der Waals surface area contributed by atoms with Gasteiger partial charge in [-0.1, -0.05) is 18.2 Å². The van der Waals surface area contributed by atoms with Crippen molar-refractivity contribution >= 4 is 11.7 Å². The Morgan fingerprint density at radius 2 is 2.00 bits per heavy atom. The van der Waals surface area contributed by atoms with Crippen molar-refractivity contribution in [3.05, 3.63) is 42.6 Å². The number of carbonyl (C=O) groups excluding carboxylic acids is 1. The molecule has 0 fully saturated rings. The van der Waals surface area contributed by atoms with Crippen LogP contribution in [0.1, 0.15) is 0 Å². The van der Waals surface area contributed by atoms with E-state index in [-0.39, 0.29) is 5.97 Å². The first-order chi connectivity index (χ1) is 6.74. The van der Waals surface area contributed by atoms with Crippen LogP contribution >= 0.6 is 0 Å². The number of hydrogen-bond acceptors (Lipinski definition) is 3. The molecule has 3 heteroatoms. The van der Waals surface area contributed by atoms with Gasteiger partial charge in [0, 0.05) is 25.0 Å². The van der Waals surface area contributed by atoms with Gasteiger partial charge in [-0.15, -0.1) is 0 Å². The summed E-state index contributed by atoms with van der Waals surface area (Å²) in [7, 11) is 3.23. The van der Waals surface area contributed by atoms with Gasteiger partial charge in [0.15, 0.2) is 0 Å². The van der Waals surface area contributed by atoms with E-state index in [1.165, 1.54) is 13.2 Å². The van der Waals surface area contributed by atoms with Gasteiger partial charge >= 0.3 is 5.97 Å². The number of benzene rings is 1. The van der Waals surface area contributed by atoms with Crippen LogP contribution in [0.5, 0.6) is 0 Å². The SMILES string of the molecule is COC(=O)C=CN(C)c1ccccc1. The number of ether oxygens (including phenoxy) is 1. The summed E-state index contributed by atoms with van der Waals surface area (Å²) in [5.74, 6) is -0.354. The zero-order valence-electron chi connectivity index (χ0n) is 8.31. The Morgan fingerprint density at radius 3 is 2.57 bits per heavy atom. The molecule has 0 heterocycles. The molecule has 0 unspecified atom stereocenters. The van der Waals surface area contributed by atoms with E-state index in [2.05, 4.69) is 4.74 Å². The molecule has 0 bridgehead atoms. The van der Waals surface area contributed by atoms with Crippen LogP contribution in [0.2, 0.25) is 0 Å². The fourth-order valence-electron chi connectivity index (χ4n) is 0.990. The van der Waals surface area contributed by atoms with Crippen LogP contribution in [-0.2, 0) is 9.53 Å². The summed E-state index contributed by atoms with van der Waals surface area (Å²) in [6.45, 7) is 0. The van der Waals surface area contributed by atoms with Gasteiger partial charge in [-0.2, -0.15) is 0 Å². The highest BCUT2D eigenvalue weighted by molar-refractivity contribution is 5.82. The third-order valence-electron chi connectivity index (χ3n) is 1.80. The van der Waals surface area contributed by atoms with Crippen molar-refractivity contribution in [2.45, 2.75) is 0 Å². The molecule has 0 spiro atoms. The van der Waals surface area contributed by atoms with Crippen LogP contribution in [0, 0.1) is 0 Å². The lowest BCUT2D eigenvalue weighted by atomic mass is 10.3. The standard InChI is InChI=1S/C11H13NO2/c1-12(9-8-11(13)14-2)10-6-4-3-5-7-10/h3-9H,1-2H3. The molecule has 0 aliphatic carbocycles. The average molecular weight is 191 g/mol. The number of hydrogen-bond donors (Lipinski definition) is 0. The molecule has 0 saturated carbocycles. The summed E-state index contributed by atoms with van der Waals surface area (Å²) >= 11 is 0. The van der Waals surface area contributed by atoms with Crippen LogP contribution in [-0.4, -0.2) is 20.1 Å². The highest BCUT2D eigenvalue weighted by atomic mass is 16.5. The Hall–Kier alpha value is -1.77. The van der Waals surface area contributed by atoms with Gasteiger partial charge in [0.05, 0.1) is 7.11 Å². The van der Waals surface area contributed by atoms with Crippen molar-refractivity contribution < 1.29 is 9.53 Å². The van der Waals surface area contributed by atoms with Gasteiger partial charge in [-0.25, -0.2) is 4.79 Å². The molecule has 3 nitrogen and oxygen atoms in total. The second-order valence-electron chi connectivity index (χ2n) is 2.79. The van der Waals surface area contributed by atoms with E-state index in [0.29, 0.717) is 0 Å². The summed E-state index contributed by atoms with van der Waals surface area (Å²) in [5.41, 5.74) is 1.02. The number of rotatable bonds is 3. The first-order valence-corrected chi connectivity index (χ1v) is 4.28. The van der Waals surface area contributed by atoms with E-state index < -0.39 is 0 Å². The van der Waals surface area contributed by atoms with E-state index in [4.69, 9.17) is 0 Å². The molecule has 1 rings (SSSR count). The van der Waals surface area contributed by atoms with Gasteiger partial charge in [-0.05, 0) is 12.1 Å². The number of methoxy groups -OCH3 is 1. The summed E-state index contributed by atoms with van der Waals surface area (Å²) < 4.78 is 4.48. The van der Waals surface area contributed by atoms with Crippen molar-refractivity contribution in [2.75, 3.05) is 19.1 Å². The lowest BCUT2D eigenvalue weighted by Gasteiger charge is -2.12. The summed E-state index contributed by atoms with van der Waals surface area (Å²) in [6, 6.07) is 9.75. The van der Waals surface area contributed by atoms with E-state index in [9.17, 15) is 4.79 Å². The average Bonchev–Trinajstić information content (AvgIpc) is 2.26. The van der Waals surface area contributed by atoms with Gasteiger partial charge in [0.2, 0.25) is 0 Å². The molecule has 14 heavy (non-hydrogen) atoms. The monoisotopic (exact) mass is 191 g/mol. The lowest BCUT2D eigenvalue weighted by molar-refractivity contribution is -0.134. The Balaban J connectivity index is 2.63. The second-order valence-corrected chi connectivity index (χ2v) is 2.79. The van der Waals surface area contributed by atoms with Gasteiger partial charge in [-0.3, -0.25) is 0 Å². The second kappa shape index (κ2) is 5.07. The normalized spacial score (nSPS) is 10.1. The van der Waals surface area contributed by atoms with Crippen LogP contribution < -0.4 is 4.90 Å². The summed E-state index contributed by atoms with van der Waals surface area (Å²) in [6.07, 6.45) is 3.05. The molecule has 0 amide bonds. The molecule has 1 aromatic carbocycles. The fourth-order valence-corrected chi connectivity index (χ4v) is 0.990. The first kappa shape index (κ1) is 10.3. The molecule has 0 aliphatic heterocycles. The van der Waals surface area contributed by atoms with Gasteiger partial charge in [0.25, 0.3) is 0 Å². The van der Waals surface area contributed by atoms with E-state index >= 15 is 0 Å². The minimum absolute atomic E-state index is 0.354. The highest BCUT2D eigenvalue weighted by Gasteiger charge is 1.96. The smallest absolute Gasteiger partial charge is 0.331 e. The summed E-state index contributed by atoms with van der Waals surface area (Å²) in [5, 5.41) is 0. The minimum atomic E-state index is -0.354. The Kier molecular flexibility index (Phi) is 3.73. The van der Waals surface area contributed by atoms with Crippen molar-refractivity contribution in [3.8, 4) is 0 Å². The Morgan fingerprint density at radius 1 is 1.36 bits per heavy atom. The molecular weight excluding hydrogens is 178 g/mol. The zero-order chi connectivity index (χ0) is 10.4. The number of esters is 1. The number of anilines is 1. The van der Waals surface area contributed by atoms with Crippen LogP contribution in [0.4, 0.5) is 5.69 Å². The van der Waals surface area contributed by atoms with Crippen LogP contribution in [0.15, 0.2) is 42.6 Å². The fraction of sp³-hybridized carbons (Fsp3) is 0.182. The van der Waals surface area contributed by atoms with Crippen molar-refractivity contribution in [1.82, 2.24) is 0 Å². The Labute approximate surface area is 83.6 Å². The predicted molar refractivity (Wildman–Crippen MR) is 56.0 cm³/mol. The van der Waals surface area contributed by atoms with Crippen molar-refractivity contribution in [3.63, 3.8) is 0 Å². The van der Waals surface area contributed by atoms with Crippen molar-refractivity contribution in [2.24, 2.45) is 0 Å². The molecule has 0 aliphatic rings. The molecule has 0 atom stereocenters. The van der Waals surface area contributed by atoms with Crippen molar-refractivity contribution in [1.29, 1.82) is 0 Å². The summed E-state index contributed by atoms with van der Waals surface area (Å²) in [4.78, 5) is 12.7. The maximum Gasteiger partial charge on any atom is 0.331 e. The number of para-hydroxylation sites is 1. The number of carbonyl (C=O) groups is 1. The topological polar surface area (TPSA) is 29.5 Å². The quantitative estimate of drug-likeness (QED) is 0.539. The predicted octanol–water partition coefficient (Wildman–Crippen LogP) is 1.81. The van der Waals surface area contributed by atoms with Crippen LogP contribution in [0.25, 0.3) is 0 Å². The minimum Gasteiger partial charge on any atom is -0.466 e. The van der Waals surface area contributed by atoms with E-state index in [0.717, 1.165) is 5.69 Å². The maximum atomic E-state index is 10.8. The molecule has 0 aromatic heterocycles. The molecular formula is C11H13NO2. The van der Waals surface area contributed by atoms with Gasteiger partial charge in [0.1, 0.15) is 0 Å². The molecule has 1 aromatic rings. The molecule has 0 radical (unpaired) electrons. The maximum absolute atomic E-state index is 10.8. The van der Waals surface area contributed by atoms with Gasteiger partial charge < -0.3 is 9.64 Å². The molecule has 0 saturated heterocycles. The van der Waals surface area contributed by atoms with Crippen LogP contribution in [0.3, 0.4) is 0 Å². The molecule has 0 N–H and O–H groups in total.